The van der Waals surface area contributed by atoms with Crippen LogP contribution in [0.4, 0.5) is 0 Å². The Morgan fingerprint density at radius 1 is 1.47 bits per heavy atom. The van der Waals surface area contributed by atoms with Crippen molar-refractivity contribution in [3.8, 4) is 0 Å². The van der Waals surface area contributed by atoms with Crippen LogP contribution in [-0.2, 0) is 0 Å². The summed E-state index contributed by atoms with van der Waals surface area (Å²) >= 11 is 0. The fourth-order valence-electron chi connectivity index (χ4n) is 2.38. The van der Waals surface area contributed by atoms with Crippen molar-refractivity contribution in [3.05, 3.63) is 24.2 Å². The van der Waals surface area contributed by atoms with Crippen LogP contribution >= 0.6 is 0 Å². The van der Waals surface area contributed by atoms with E-state index in [1.165, 1.54) is 25.5 Å². The Bertz CT molecular complexity index is 342. The summed E-state index contributed by atoms with van der Waals surface area (Å²) in [7, 11) is 0. The van der Waals surface area contributed by atoms with Crippen molar-refractivity contribution in [2.24, 2.45) is 5.92 Å². The summed E-state index contributed by atoms with van der Waals surface area (Å²) in [5, 5.41) is 12.7. The van der Waals surface area contributed by atoms with Crippen LogP contribution in [0.15, 0.2) is 22.8 Å². The summed E-state index contributed by atoms with van der Waals surface area (Å²) in [5.74, 6) is 0.367. The molecule has 0 aliphatic heterocycles. The normalized spacial score (nSPS) is 18.9. The van der Waals surface area contributed by atoms with E-state index in [1.54, 1.807) is 12.1 Å². The first-order valence-electron chi connectivity index (χ1n) is 6.27. The smallest absolute Gasteiger partial charge is 0.287 e. The Morgan fingerprint density at radius 2 is 2.24 bits per heavy atom. The second-order valence-corrected chi connectivity index (χ2v) is 4.65. The van der Waals surface area contributed by atoms with Gasteiger partial charge in [0.1, 0.15) is 0 Å². The number of hydrogen-bond acceptors (Lipinski definition) is 3. The molecule has 4 nitrogen and oxygen atoms in total. The molecular formula is C13H19NO3. The summed E-state index contributed by atoms with van der Waals surface area (Å²) in [6, 6.07) is 3.29. The first-order valence-corrected chi connectivity index (χ1v) is 6.27. The molecule has 94 valence electrons. The molecule has 1 aromatic rings. The number of aliphatic hydroxyl groups is 1. The van der Waals surface area contributed by atoms with Crippen LogP contribution in [0.5, 0.6) is 0 Å². The van der Waals surface area contributed by atoms with E-state index in [-0.39, 0.29) is 5.91 Å². The van der Waals surface area contributed by atoms with Gasteiger partial charge in [-0.2, -0.15) is 0 Å². The lowest BCUT2D eigenvalue weighted by atomic mass is 9.85. The highest BCUT2D eigenvalue weighted by molar-refractivity contribution is 5.91. The number of amides is 1. The van der Waals surface area contributed by atoms with Gasteiger partial charge in [0, 0.05) is 6.54 Å². The number of aliphatic hydroxyl groups excluding tert-OH is 1. The Morgan fingerprint density at radius 3 is 2.88 bits per heavy atom. The van der Waals surface area contributed by atoms with E-state index >= 15 is 0 Å². The SMILES string of the molecule is O=C(NC[C@@H](O)C1CCCCC1)c1ccco1. The van der Waals surface area contributed by atoms with Gasteiger partial charge >= 0.3 is 0 Å². The molecule has 2 rings (SSSR count). The standard InChI is InChI=1S/C13H19NO3/c15-11(10-5-2-1-3-6-10)9-14-13(16)12-7-4-8-17-12/h4,7-8,10-11,15H,1-3,5-6,9H2,(H,14,16)/t11-/m1/s1. The molecule has 1 saturated carbocycles. The van der Waals surface area contributed by atoms with E-state index in [4.69, 9.17) is 4.42 Å². The van der Waals surface area contributed by atoms with E-state index in [0.717, 1.165) is 12.8 Å². The first-order chi connectivity index (χ1) is 8.27. The largest absolute Gasteiger partial charge is 0.459 e. The molecule has 4 heteroatoms. The van der Waals surface area contributed by atoms with Crippen LogP contribution in [0.1, 0.15) is 42.7 Å². The minimum Gasteiger partial charge on any atom is -0.459 e. The molecule has 17 heavy (non-hydrogen) atoms. The summed E-state index contributed by atoms with van der Waals surface area (Å²) in [5.41, 5.74) is 0. The van der Waals surface area contributed by atoms with Gasteiger partial charge in [-0.05, 0) is 30.9 Å². The molecule has 1 aromatic heterocycles. The lowest BCUT2D eigenvalue weighted by Gasteiger charge is -2.26. The van der Waals surface area contributed by atoms with Gasteiger partial charge in [-0.3, -0.25) is 4.79 Å². The van der Waals surface area contributed by atoms with E-state index < -0.39 is 6.10 Å². The molecular weight excluding hydrogens is 218 g/mol. The van der Waals surface area contributed by atoms with Crippen molar-refractivity contribution in [1.82, 2.24) is 5.32 Å². The third-order valence-electron chi connectivity index (χ3n) is 3.41. The Kier molecular flexibility index (Phi) is 4.20. The highest BCUT2D eigenvalue weighted by atomic mass is 16.3. The van der Waals surface area contributed by atoms with Gasteiger partial charge in [0.2, 0.25) is 0 Å². The van der Waals surface area contributed by atoms with Crippen LogP contribution in [0, 0.1) is 5.92 Å². The predicted octanol–water partition coefficient (Wildman–Crippen LogP) is 1.95. The monoisotopic (exact) mass is 237 g/mol. The molecule has 1 fully saturated rings. The van der Waals surface area contributed by atoms with E-state index in [1.807, 2.05) is 0 Å². The maximum absolute atomic E-state index is 11.6. The number of nitrogens with one attached hydrogen (secondary N) is 1. The lowest BCUT2D eigenvalue weighted by Crippen LogP contribution is -2.36. The average Bonchev–Trinajstić information content (AvgIpc) is 2.90. The minimum atomic E-state index is -0.436. The number of rotatable bonds is 4. The van der Waals surface area contributed by atoms with Crippen molar-refractivity contribution in [3.63, 3.8) is 0 Å². The molecule has 0 saturated heterocycles. The van der Waals surface area contributed by atoms with Gasteiger partial charge in [0.05, 0.1) is 12.4 Å². The molecule has 1 heterocycles. The van der Waals surface area contributed by atoms with E-state index in [0.29, 0.717) is 18.2 Å². The molecule has 1 atom stereocenters. The van der Waals surface area contributed by atoms with Crippen LogP contribution in [-0.4, -0.2) is 23.7 Å². The van der Waals surface area contributed by atoms with Crippen molar-refractivity contribution in [1.29, 1.82) is 0 Å². The van der Waals surface area contributed by atoms with Gasteiger partial charge in [-0.25, -0.2) is 0 Å². The maximum Gasteiger partial charge on any atom is 0.287 e. The molecule has 1 aliphatic rings. The molecule has 1 aliphatic carbocycles. The lowest BCUT2D eigenvalue weighted by molar-refractivity contribution is 0.0724. The molecule has 1 amide bonds. The van der Waals surface area contributed by atoms with Gasteiger partial charge < -0.3 is 14.8 Å². The Balaban J connectivity index is 1.75. The second-order valence-electron chi connectivity index (χ2n) is 4.65. The zero-order chi connectivity index (χ0) is 12.1. The number of carbonyl (C=O) groups excluding carboxylic acids is 1. The Hall–Kier alpha value is -1.29. The van der Waals surface area contributed by atoms with Crippen LogP contribution < -0.4 is 5.32 Å². The highest BCUT2D eigenvalue weighted by Gasteiger charge is 2.22. The molecule has 0 unspecified atom stereocenters. The number of carbonyl (C=O) groups is 1. The van der Waals surface area contributed by atoms with Crippen molar-refractivity contribution >= 4 is 5.91 Å². The van der Waals surface area contributed by atoms with Crippen molar-refractivity contribution < 1.29 is 14.3 Å². The molecule has 0 spiro atoms. The van der Waals surface area contributed by atoms with Crippen LogP contribution in [0.3, 0.4) is 0 Å². The maximum atomic E-state index is 11.6. The van der Waals surface area contributed by atoms with E-state index in [2.05, 4.69) is 5.32 Å². The van der Waals surface area contributed by atoms with Gasteiger partial charge in [0.15, 0.2) is 5.76 Å². The summed E-state index contributed by atoms with van der Waals surface area (Å²) in [4.78, 5) is 11.6. The van der Waals surface area contributed by atoms with Gasteiger partial charge in [-0.1, -0.05) is 19.3 Å². The topological polar surface area (TPSA) is 62.5 Å². The third kappa shape index (κ3) is 3.33. The molecule has 0 bridgehead atoms. The number of furan rings is 1. The zero-order valence-electron chi connectivity index (χ0n) is 9.89. The third-order valence-corrected chi connectivity index (χ3v) is 3.41. The molecule has 0 radical (unpaired) electrons. The van der Waals surface area contributed by atoms with Crippen LogP contribution in [0.25, 0.3) is 0 Å². The van der Waals surface area contributed by atoms with Crippen molar-refractivity contribution in [2.75, 3.05) is 6.54 Å². The predicted molar refractivity (Wildman–Crippen MR) is 63.6 cm³/mol. The van der Waals surface area contributed by atoms with Crippen molar-refractivity contribution in [2.45, 2.75) is 38.2 Å². The quantitative estimate of drug-likeness (QED) is 0.841. The average molecular weight is 237 g/mol. The summed E-state index contributed by atoms with van der Waals surface area (Å²) < 4.78 is 4.98. The zero-order valence-corrected chi connectivity index (χ0v) is 9.89. The fourth-order valence-corrected chi connectivity index (χ4v) is 2.38. The van der Waals surface area contributed by atoms with Gasteiger partial charge in [-0.15, -0.1) is 0 Å². The fraction of sp³-hybridized carbons (Fsp3) is 0.615. The molecule has 0 aromatic carbocycles. The first kappa shape index (κ1) is 12.2. The minimum absolute atomic E-state index is 0.259. The second kappa shape index (κ2) is 5.87. The van der Waals surface area contributed by atoms with E-state index in [9.17, 15) is 9.90 Å². The van der Waals surface area contributed by atoms with Gasteiger partial charge in [0.25, 0.3) is 5.91 Å². The summed E-state index contributed by atoms with van der Waals surface area (Å²) in [6.07, 6.45) is 6.81. The molecule has 2 N–H and O–H groups in total. The summed E-state index contributed by atoms with van der Waals surface area (Å²) in [6.45, 7) is 0.310. The highest BCUT2D eigenvalue weighted by Crippen LogP contribution is 2.26. The number of hydrogen-bond donors (Lipinski definition) is 2. The Labute approximate surface area is 101 Å². The van der Waals surface area contributed by atoms with Crippen LogP contribution in [0.2, 0.25) is 0 Å².